The molecule has 0 radical (unpaired) electrons. The van der Waals surface area contributed by atoms with Crippen molar-refractivity contribution in [1.29, 1.82) is 0 Å². The lowest BCUT2D eigenvalue weighted by Crippen LogP contribution is -2.40. The number of carbonyl (C=O) groups excluding carboxylic acids is 1. The van der Waals surface area contributed by atoms with Gasteiger partial charge < -0.3 is 24.7 Å². The molecule has 3 heterocycles. The van der Waals surface area contributed by atoms with Crippen LogP contribution >= 0.6 is 23.2 Å². The van der Waals surface area contributed by atoms with Gasteiger partial charge in [0.05, 0.1) is 34.8 Å². The minimum atomic E-state index is -0.898. The van der Waals surface area contributed by atoms with Crippen LogP contribution in [0, 0.1) is 11.6 Å². The molecule has 0 bridgehead atoms. The zero-order chi connectivity index (χ0) is 25.3. The molecule has 2 aromatic heterocycles. The Hall–Kier alpha value is -2.88. The van der Waals surface area contributed by atoms with Crippen LogP contribution in [-0.4, -0.2) is 61.0 Å². The first kappa shape index (κ1) is 25.2. The highest BCUT2D eigenvalue weighted by atomic mass is 35.5. The smallest absolute Gasteiger partial charge is 0.237 e. The molecule has 0 spiro atoms. The summed E-state index contributed by atoms with van der Waals surface area (Å²) in [4.78, 5) is 20.2. The number of hydrogen-bond acceptors (Lipinski definition) is 6. The minimum Gasteiger partial charge on any atom is -0.486 e. The molecule has 0 saturated carbocycles. The molecule has 7 nitrogen and oxygen atoms in total. The standard InChI is InChI=1S/C24H24Cl2F2N4O3/c1-31(2)11-19(33)32-6-3-13(4-7-32)16-12-35-22-15(16)10-30-24(29)23(22)34-8-5-14-20(25)17(27)9-18(28)21(14)26/h3,9-10,12H,4-8,11H2,1-2H3,(H2,29,30). The van der Waals surface area contributed by atoms with E-state index in [0.717, 1.165) is 11.1 Å². The predicted octanol–water partition coefficient (Wildman–Crippen LogP) is 4.79. The minimum absolute atomic E-state index is 0.0188. The Kier molecular flexibility index (Phi) is 7.49. The second kappa shape index (κ2) is 10.4. The Morgan fingerprint density at radius 3 is 2.63 bits per heavy atom. The number of nitrogen functional groups attached to an aromatic ring is 1. The number of aromatic nitrogens is 1. The van der Waals surface area contributed by atoms with Crippen molar-refractivity contribution in [1.82, 2.24) is 14.8 Å². The van der Waals surface area contributed by atoms with E-state index >= 15 is 0 Å². The molecule has 3 aromatic rings. The molecule has 35 heavy (non-hydrogen) atoms. The molecule has 0 fully saturated rings. The van der Waals surface area contributed by atoms with Crippen LogP contribution in [0.1, 0.15) is 17.5 Å². The number of ether oxygens (including phenoxy) is 1. The molecule has 4 rings (SSSR count). The fourth-order valence-electron chi connectivity index (χ4n) is 3.98. The first-order chi connectivity index (χ1) is 16.7. The average Bonchev–Trinajstić information content (AvgIpc) is 3.25. The molecule has 1 aromatic carbocycles. The Bertz CT molecular complexity index is 1280. The van der Waals surface area contributed by atoms with Crippen molar-refractivity contribution in [2.75, 3.05) is 46.1 Å². The molecule has 2 N–H and O–H groups in total. The molecule has 0 unspecified atom stereocenters. The summed E-state index contributed by atoms with van der Waals surface area (Å²) >= 11 is 11.9. The number of hydrogen-bond donors (Lipinski definition) is 1. The normalized spacial score (nSPS) is 14.0. The van der Waals surface area contributed by atoms with Crippen LogP contribution in [0.4, 0.5) is 14.6 Å². The van der Waals surface area contributed by atoms with Gasteiger partial charge in [-0.05, 0) is 31.7 Å². The molecule has 1 amide bonds. The Morgan fingerprint density at radius 1 is 1.29 bits per heavy atom. The van der Waals surface area contributed by atoms with E-state index in [1.807, 2.05) is 30.0 Å². The Morgan fingerprint density at radius 2 is 2.00 bits per heavy atom. The Labute approximate surface area is 211 Å². The van der Waals surface area contributed by atoms with Crippen LogP contribution in [0.15, 0.2) is 29.0 Å². The third-order valence-electron chi connectivity index (χ3n) is 5.76. The number of halogens is 4. The largest absolute Gasteiger partial charge is 0.486 e. The fraction of sp³-hybridized carbons (Fsp3) is 0.333. The molecule has 11 heteroatoms. The van der Waals surface area contributed by atoms with Crippen molar-refractivity contribution >= 4 is 51.5 Å². The van der Waals surface area contributed by atoms with Crippen molar-refractivity contribution in [3.05, 3.63) is 57.4 Å². The number of rotatable bonds is 7. The quantitative estimate of drug-likeness (QED) is 0.447. The number of pyridine rings is 1. The van der Waals surface area contributed by atoms with Crippen LogP contribution in [0.5, 0.6) is 5.75 Å². The summed E-state index contributed by atoms with van der Waals surface area (Å²) in [5.74, 6) is -1.39. The van der Waals surface area contributed by atoms with E-state index in [4.69, 9.17) is 38.1 Å². The van der Waals surface area contributed by atoms with Crippen molar-refractivity contribution < 1.29 is 22.7 Å². The number of anilines is 1. The topological polar surface area (TPSA) is 84.8 Å². The molecule has 0 aliphatic carbocycles. The highest BCUT2D eigenvalue weighted by Gasteiger charge is 2.23. The first-order valence-electron chi connectivity index (χ1n) is 10.9. The number of carbonyl (C=O) groups is 1. The third kappa shape index (κ3) is 5.22. The van der Waals surface area contributed by atoms with Gasteiger partial charge >= 0.3 is 0 Å². The number of nitrogens with zero attached hydrogens (tertiary/aromatic N) is 3. The number of benzene rings is 1. The summed E-state index contributed by atoms with van der Waals surface area (Å²) in [6, 6.07) is 0.638. The van der Waals surface area contributed by atoms with Gasteiger partial charge in [-0.15, -0.1) is 0 Å². The number of likely N-dealkylation sites (N-methyl/N-ethyl adjacent to an activating group) is 1. The molecule has 1 aliphatic rings. The van der Waals surface area contributed by atoms with Crippen LogP contribution < -0.4 is 10.5 Å². The van der Waals surface area contributed by atoms with Crippen molar-refractivity contribution in [3.8, 4) is 5.75 Å². The lowest BCUT2D eigenvalue weighted by molar-refractivity contribution is -0.131. The lowest BCUT2D eigenvalue weighted by Gasteiger charge is -2.27. The first-order valence-corrected chi connectivity index (χ1v) is 11.6. The van der Waals surface area contributed by atoms with Gasteiger partial charge in [-0.3, -0.25) is 4.79 Å². The summed E-state index contributed by atoms with van der Waals surface area (Å²) in [5, 5.41) is 0.195. The van der Waals surface area contributed by atoms with Crippen molar-refractivity contribution in [2.45, 2.75) is 12.8 Å². The second-order valence-electron chi connectivity index (χ2n) is 8.47. The molecule has 0 saturated heterocycles. The van der Waals surface area contributed by atoms with Crippen LogP contribution in [0.3, 0.4) is 0 Å². The van der Waals surface area contributed by atoms with E-state index in [0.29, 0.717) is 43.1 Å². The average molecular weight is 525 g/mol. The number of fused-ring (bicyclic) bond motifs is 1. The number of nitrogens with two attached hydrogens (primary N) is 1. The highest BCUT2D eigenvalue weighted by molar-refractivity contribution is 6.36. The fourth-order valence-corrected chi connectivity index (χ4v) is 4.51. The number of furan rings is 1. The summed E-state index contributed by atoms with van der Waals surface area (Å²) in [5.41, 5.74) is 8.40. The molecule has 186 valence electrons. The van der Waals surface area contributed by atoms with Crippen molar-refractivity contribution in [3.63, 3.8) is 0 Å². The van der Waals surface area contributed by atoms with E-state index in [9.17, 15) is 13.6 Å². The molecular weight excluding hydrogens is 501 g/mol. The maximum absolute atomic E-state index is 13.8. The second-order valence-corrected chi connectivity index (χ2v) is 9.22. The summed E-state index contributed by atoms with van der Waals surface area (Å²) in [7, 11) is 3.72. The molecule has 0 atom stereocenters. The van der Waals surface area contributed by atoms with Gasteiger partial charge in [0.15, 0.2) is 11.4 Å². The highest BCUT2D eigenvalue weighted by Crippen LogP contribution is 2.38. The van der Waals surface area contributed by atoms with Crippen molar-refractivity contribution in [2.24, 2.45) is 0 Å². The van der Waals surface area contributed by atoms with E-state index in [1.54, 1.807) is 12.5 Å². The van der Waals surface area contributed by atoms with Gasteiger partial charge in [-0.25, -0.2) is 13.8 Å². The van der Waals surface area contributed by atoms with Gasteiger partial charge in [0.2, 0.25) is 11.7 Å². The monoisotopic (exact) mass is 524 g/mol. The molecular formula is C24H24Cl2F2N4O3. The van der Waals surface area contributed by atoms with E-state index in [-0.39, 0.29) is 46.1 Å². The van der Waals surface area contributed by atoms with Crippen LogP contribution in [-0.2, 0) is 11.2 Å². The lowest BCUT2D eigenvalue weighted by atomic mass is 9.99. The summed E-state index contributed by atoms with van der Waals surface area (Å²) < 4.78 is 39.2. The Balaban J connectivity index is 1.52. The maximum atomic E-state index is 13.8. The zero-order valence-corrected chi connectivity index (χ0v) is 20.7. The van der Waals surface area contributed by atoms with Gasteiger partial charge in [-0.2, -0.15) is 0 Å². The van der Waals surface area contributed by atoms with E-state index < -0.39 is 11.6 Å². The van der Waals surface area contributed by atoms with E-state index in [2.05, 4.69) is 4.98 Å². The zero-order valence-electron chi connectivity index (χ0n) is 19.2. The molecule has 1 aliphatic heterocycles. The van der Waals surface area contributed by atoms with Crippen LogP contribution in [0.25, 0.3) is 16.5 Å². The maximum Gasteiger partial charge on any atom is 0.237 e. The van der Waals surface area contributed by atoms with Gasteiger partial charge in [0.1, 0.15) is 11.6 Å². The predicted molar refractivity (Wildman–Crippen MR) is 132 cm³/mol. The summed E-state index contributed by atoms with van der Waals surface area (Å²) in [6.45, 7) is 1.45. The van der Waals surface area contributed by atoms with Gasteiger partial charge in [-0.1, -0.05) is 29.3 Å². The summed E-state index contributed by atoms with van der Waals surface area (Å²) in [6.07, 6.45) is 5.92. The van der Waals surface area contributed by atoms with Gasteiger partial charge in [0, 0.05) is 37.3 Å². The number of amides is 1. The SMILES string of the molecule is CN(C)CC(=O)N1CC=C(c2coc3c(OCCc4c(Cl)c(F)cc(F)c4Cl)c(N)ncc23)CC1. The van der Waals surface area contributed by atoms with Crippen LogP contribution in [0.2, 0.25) is 10.0 Å². The van der Waals surface area contributed by atoms with Gasteiger partial charge in [0.25, 0.3) is 0 Å². The third-order valence-corrected chi connectivity index (χ3v) is 6.58. The van der Waals surface area contributed by atoms with E-state index in [1.165, 1.54) is 0 Å².